The third-order valence-electron chi connectivity index (χ3n) is 3.62. The average molecular weight is 332 g/mol. The molecule has 2 unspecified atom stereocenters. The van der Waals surface area contributed by atoms with Crippen LogP contribution in [-0.2, 0) is 4.79 Å². The number of amides is 1. The molecule has 2 N–H and O–H groups in total. The Balaban J connectivity index is 1.97. The van der Waals surface area contributed by atoms with Gasteiger partial charge in [-0.15, -0.1) is 11.3 Å². The zero-order valence-electron chi connectivity index (χ0n) is 13.4. The Labute approximate surface area is 139 Å². The Morgan fingerprint density at radius 1 is 1.26 bits per heavy atom. The number of rotatable bonds is 6. The van der Waals surface area contributed by atoms with Crippen LogP contribution in [0.5, 0.6) is 0 Å². The predicted molar refractivity (Wildman–Crippen MR) is 89.8 cm³/mol. The van der Waals surface area contributed by atoms with Crippen LogP contribution in [0.3, 0.4) is 0 Å². The number of thiazole rings is 1. The summed E-state index contributed by atoms with van der Waals surface area (Å²) in [5, 5.41) is 12.6. The lowest BCUT2D eigenvalue weighted by Gasteiger charge is -2.15. The first kappa shape index (κ1) is 17.1. The SMILES string of the molecule is Cc1nc(C(C)NC(=O)CC(C)c2ccccc2)sc1C(=O)O. The Hall–Kier alpha value is -2.21. The molecule has 0 saturated heterocycles. The van der Waals surface area contributed by atoms with Crippen molar-refractivity contribution in [2.75, 3.05) is 0 Å². The number of hydrogen-bond donors (Lipinski definition) is 2. The molecule has 122 valence electrons. The number of nitrogens with zero attached hydrogens (tertiary/aromatic N) is 1. The zero-order valence-corrected chi connectivity index (χ0v) is 14.2. The fourth-order valence-electron chi connectivity index (χ4n) is 2.34. The second-order valence-corrected chi connectivity index (χ2v) is 6.61. The van der Waals surface area contributed by atoms with Crippen LogP contribution in [0.4, 0.5) is 0 Å². The molecule has 0 spiro atoms. The van der Waals surface area contributed by atoms with Crippen LogP contribution in [0.2, 0.25) is 0 Å². The van der Waals surface area contributed by atoms with Gasteiger partial charge in [0.15, 0.2) is 0 Å². The monoisotopic (exact) mass is 332 g/mol. The first-order chi connectivity index (χ1) is 10.9. The molecule has 0 aliphatic heterocycles. The molecule has 2 atom stereocenters. The molecule has 5 nitrogen and oxygen atoms in total. The van der Waals surface area contributed by atoms with E-state index in [-0.39, 0.29) is 22.7 Å². The largest absolute Gasteiger partial charge is 0.477 e. The Morgan fingerprint density at radius 3 is 2.48 bits per heavy atom. The molecule has 6 heteroatoms. The maximum Gasteiger partial charge on any atom is 0.347 e. The number of nitrogens with one attached hydrogen (secondary N) is 1. The van der Waals surface area contributed by atoms with Gasteiger partial charge in [-0.05, 0) is 25.3 Å². The number of carbonyl (C=O) groups excluding carboxylic acids is 1. The van der Waals surface area contributed by atoms with Crippen LogP contribution in [0.15, 0.2) is 30.3 Å². The zero-order chi connectivity index (χ0) is 17.0. The van der Waals surface area contributed by atoms with Crippen molar-refractivity contribution in [3.05, 3.63) is 51.5 Å². The summed E-state index contributed by atoms with van der Waals surface area (Å²) in [6, 6.07) is 9.57. The van der Waals surface area contributed by atoms with Crippen LogP contribution in [-0.4, -0.2) is 22.0 Å². The van der Waals surface area contributed by atoms with Gasteiger partial charge >= 0.3 is 5.97 Å². The highest BCUT2D eigenvalue weighted by atomic mass is 32.1. The Kier molecular flexibility index (Phi) is 5.50. The maximum absolute atomic E-state index is 12.2. The lowest BCUT2D eigenvalue weighted by molar-refractivity contribution is -0.122. The molecule has 1 aromatic carbocycles. The predicted octanol–water partition coefficient (Wildman–Crippen LogP) is 3.52. The molecule has 1 amide bonds. The highest BCUT2D eigenvalue weighted by Crippen LogP contribution is 2.24. The van der Waals surface area contributed by atoms with Gasteiger partial charge in [0.05, 0.1) is 11.7 Å². The molecular weight excluding hydrogens is 312 g/mol. The third kappa shape index (κ3) is 4.39. The van der Waals surface area contributed by atoms with Crippen LogP contribution in [0.25, 0.3) is 0 Å². The molecule has 23 heavy (non-hydrogen) atoms. The minimum absolute atomic E-state index is 0.0708. The fraction of sp³-hybridized carbons (Fsp3) is 0.353. The number of carboxylic acid groups (broad SMARTS) is 1. The summed E-state index contributed by atoms with van der Waals surface area (Å²) < 4.78 is 0. The summed E-state index contributed by atoms with van der Waals surface area (Å²) in [6.45, 7) is 5.49. The molecule has 0 fully saturated rings. The maximum atomic E-state index is 12.2. The molecule has 0 saturated carbocycles. The summed E-state index contributed by atoms with van der Waals surface area (Å²) in [5.41, 5.74) is 1.60. The number of hydrogen-bond acceptors (Lipinski definition) is 4. The normalized spacial score (nSPS) is 13.3. The van der Waals surface area contributed by atoms with Crippen molar-refractivity contribution in [2.24, 2.45) is 0 Å². The van der Waals surface area contributed by atoms with Crippen LogP contribution in [0, 0.1) is 6.92 Å². The molecule has 0 aliphatic carbocycles. The number of aromatic nitrogens is 1. The standard InChI is InChI=1S/C17H20N2O3S/c1-10(13-7-5-4-6-8-13)9-14(20)18-12(3)16-19-11(2)15(23-16)17(21)22/h4-8,10,12H,9H2,1-3H3,(H,18,20)(H,21,22). The highest BCUT2D eigenvalue weighted by Gasteiger charge is 2.20. The highest BCUT2D eigenvalue weighted by molar-refractivity contribution is 7.13. The second kappa shape index (κ2) is 7.37. The van der Waals surface area contributed by atoms with Crippen molar-refractivity contribution in [2.45, 2.75) is 39.2 Å². The number of benzene rings is 1. The smallest absolute Gasteiger partial charge is 0.347 e. The topological polar surface area (TPSA) is 79.3 Å². The van der Waals surface area contributed by atoms with Crippen LogP contribution < -0.4 is 5.32 Å². The summed E-state index contributed by atoms with van der Waals surface area (Å²) in [6.07, 6.45) is 0.379. The minimum atomic E-state index is -0.984. The molecule has 1 aromatic heterocycles. The summed E-state index contributed by atoms with van der Waals surface area (Å²) in [5.74, 6) is -0.933. The van der Waals surface area contributed by atoms with E-state index < -0.39 is 5.97 Å². The van der Waals surface area contributed by atoms with Gasteiger partial charge in [0.25, 0.3) is 0 Å². The van der Waals surface area contributed by atoms with Crippen molar-refractivity contribution in [1.82, 2.24) is 10.3 Å². The molecular formula is C17H20N2O3S. The van der Waals surface area contributed by atoms with E-state index in [1.165, 1.54) is 0 Å². The average Bonchev–Trinajstić information content (AvgIpc) is 2.90. The first-order valence-electron chi connectivity index (χ1n) is 7.43. The van der Waals surface area contributed by atoms with E-state index in [9.17, 15) is 9.59 Å². The minimum Gasteiger partial charge on any atom is -0.477 e. The molecule has 2 rings (SSSR count). The van der Waals surface area contributed by atoms with Crippen LogP contribution in [0.1, 0.15) is 58.2 Å². The van der Waals surface area contributed by atoms with Crippen molar-refractivity contribution >= 4 is 23.2 Å². The Bertz CT molecular complexity index is 697. The van der Waals surface area contributed by atoms with E-state index in [4.69, 9.17) is 5.11 Å². The van der Waals surface area contributed by atoms with Crippen molar-refractivity contribution in [3.8, 4) is 0 Å². The van der Waals surface area contributed by atoms with E-state index >= 15 is 0 Å². The fourth-order valence-corrected chi connectivity index (χ4v) is 3.25. The van der Waals surface area contributed by atoms with Gasteiger partial charge in [0.1, 0.15) is 9.88 Å². The first-order valence-corrected chi connectivity index (χ1v) is 8.25. The van der Waals surface area contributed by atoms with Gasteiger partial charge in [0, 0.05) is 6.42 Å². The number of carbonyl (C=O) groups is 2. The van der Waals surface area contributed by atoms with E-state index in [1.807, 2.05) is 44.2 Å². The quantitative estimate of drug-likeness (QED) is 0.848. The summed E-state index contributed by atoms with van der Waals surface area (Å²) in [7, 11) is 0. The lowest BCUT2D eigenvalue weighted by atomic mass is 9.97. The van der Waals surface area contributed by atoms with Gasteiger partial charge in [0.2, 0.25) is 5.91 Å². The van der Waals surface area contributed by atoms with E-state index in [0.717, 1.165) is 16.9 Å². The van der Waals surface area contributed by atoms with Crippen LogP contribution >= 0.6 is 11.3 Å². The Morgan fingerprint density at radius 2 is 1.91 bits per heavy atom. The van der Waals surface area contributed by atoms with Gasteiger partial charge in [-0.25, -0.2) is 9.78 Å². The summed E-state index contributed by atoms with van der Waals surface area (Å²) in [4.78, 5) is 27.7. The lowest BCUT2D eigenvalue weighted by Crippen LogP contribution is -2.27. The van der Waals surface area contributed by atoms with Gasteiger partial charge < -0.3 is 10.4 Å². The van der Waals surface area contributed by atoms with Gasteiger partial charge in [-0.2, -0.15) is 0 Å². The number of carboxylic acids is 1. The molecule has 0 aliphatic rings. The van der Waals surface area contributed by atoms with E-state index in [2.05, 4.69) is 10.3 Å². The van der Waals surface area contributed by atoms with Crippen molar-refractivity contribution < 1.29 is 14.7 Å². The molecule has 1 heterocycles. The molecule has 0 radical (unpaired) electrons. The number of aromatic carboxylic acids is 1. The van der Waals surface area contributed by atoms with E-state index in [1.54, 1.807) is 6.92 Å². The van der Waals surface area contributed by atoms with Gasteiger partial charge in [-0.1, -0.05) is 37.3 Å². The third-order valence-corrected chi connectivity index (χ3v) is 4.94. The number of aryl methyl sites for hydroxylation is 1. The van der Waals surface area contributed by atoms with E-state index in [0.29, 0.717) is 17.1 Å². The summed E-state index contributed by atoms with van der Waals surface area (Å²) >= 11 is 1.11. The van der Waals surface area contributed by atoms with Crippen molar-refractivity contribution in [1.29, 1.82) is 0 Å². The second-order valence-electron chi connectivity index (χ2n) is 5.58. The molecule has 0 bridgehead atoms. The molecule has 2 aromatic rings. The van der Waals surface area contributed by atoms with Gasteiger partial charge in [-0.3, -0.25) is 4.79 Å². The van der Waals surface area contributed by atoms with Crippen molar-refractivity contribution in [3.63, 3.8) is 0 Å².